The molecule has 0 saturated heterocycles. The van der Waals surface area contributed by atoms with Gasteiger partial charge in [-0.15, -0.1) is 0 Å². The highest BCUT2D eigenvalue weighted by Gasteiger charge is 2.12. The number of nitrogens with zero attached hydrogens (tertiary/aromatic N) is 1. The SMILES string of the molecule is CCOC(=O)c1ccc(N(CC)CCCO)c(N)c1. The summed E-state index contributed by atoms with van der Waals surface area (Å²) in [5, 5.41) is 8.88. The molecule has 0 unspecified atom stereocenters. The molecular formula is C14H22N2O3. The maximum Gasteiger partial charge on any atom is 0.338 e. The van der Waals surface area contributed by atoms with Crippen LogP contribution in [-0.2, 0) is 4.74 Å². The van der Waals surface area contributed by atoms with Crippen molar-refractivity contribution >= 4 is 17.3 Å². The van der Waals surface area contributed by atoms with Crippen LogP contribution in [0.25, 0.3) is 0 Å². The predicted octanol–water partition coefficient (Wildman–Crippen LogP) is 1.65. The van der Waals surface area contributed by atoms with E-state index in [0.29, 0.717) is 24.3 Å². The second-order valence-corrected chi connectivity index (χ2v) is 4.15. The zero-order valence-electron chi connectivity index (χ0n) is 11.6. The molecule has 106 valence electrons. The van der Waals surface area contributed by atoms with Gasteiger partial charge in [-0.05, 0) is 38.5 Å². The second-order valence-electron chi connectivity index (χ2n) is 4.15. The number of nitrogens with two attached hydrogens (primary N) is 1. The molecule has 0 fully saturated rings. The molecule has 1 aromatic carbocycles. The Morgan fingerprint density at radius 2 is 2.16 bits per heavy atom. The number of nitrogen functional groups attached to an aromatic ring is 1. The Kier molecular flexibility index (Phi) is 6.15. The van der Waals surface area contributed by atoms with Crippen molar-refractivity contribution in [2.24, 2.45) is 0 Å². The van der Waals surface area contributed by atoms with Crippen LogP contribution in [0.1, 0.15) is 30.6 Å². The molecule has 0 radical (unpaired) electrons. The molecule has 0 aliphatic carbocycles. The van der Waals surface area contributed by atoms with Gasteiger partial charge >= 0.3 is 5.97 Å². The van der Waals surface area contributed by atoms with Crippen LogP contribution in [-0.4, -0.2) is 37.4 Å². The van der Waals surface area contributed by atoms with Crippen molar-refractivity contribution in [2.75, 3.05) is 36.9 Å². The minimum Gasteiger partial charge on any atom is -0.462 e. The third-order valence-corrected chi connectivity index (χ3v) is 2.85. The lowest BCUT2D eigenvalue weighted by Gasteiger charge is -2.24. The molecule has 5 heteroatoms. The van der Waals surface area contributed by atoms with Crippen LogP contribution in [0.4, 0.5) is 11.4 Å². The molecule has 0 bridgehead atoms. The van der Waals surface area contributed by atoms with E-state index in [1.807, 2.05) is 13.0 Å². The van der Waals surface area contributed by atoms with E-state index in [4.69, 9.17) is 15.6 Å². The number of hydrogen-bond acceptors (Lipinski definition) is 5. The van der Waals surface area contributed by atoms with Crippen LogP contribution in [0.15, 0.2) is 18.2 Å². The molecule has 0 amide bonds. The van der Waals surface area contributed by atoms with Gasteiger partial charge in [0.05, 0.1) is 23.5 Å². The molecule has 19 heavy (non-hydrogen) atoms. The quantitative estimate of drug-likeness (QED) is 0.580. The summed E-state index contributed by atoms with van der Waals surface area (Å²) in [5.41, 5.74) is 7.88. The smallest absolute Gasteiger partial charge is 0.338 e. The summed E-state index contributed by atoms with van der Waals surface area (Å²) < 4.78 is 4.93. The summed E-state index contributed by atoms with van der Waals surface area (Å²) >= 11 is 0. The fourth-order valence-corrected chi connectivity index (χ4v) is 1.89. The number of carbonyl (C=O) groups is 1. The third kappa shape index (κ3) is 4.13. The number of ether oxygens (including phenoxy) is 1. The molecule has 0 heterocycles. The number of rotatable bonds is 7. The van der Waals surface area contributed by atoms with Gasteiger partial charge in [-0.3, -0.25) is 0 Å². The van der Waals surface area contributed by atoms with E-state index in [1.54, 1.807) is 19.1 Å². The Hall–Kier alpha value is -1.75. The Morgan fingerprint density at radius 3 is 2.68 bits per heavy atom. The summed E-state index contributed by atoms with van der Waals surface area (Å²) in [6.45, 7) is 5.81. The van der Waals surface area contributed by atoms with E-state index in [1.165, 1.54) is 0 Å². The van der Waals surface area contributed by atoms with Crippen LogP contribution in [0.5, 0.6) is 0 Å². The zero-order valence-corrected chi connectivity index (χ0v) is 11.6. The standard InChI is InChI=1S/C14H22N2O3/c1-3-16(8-5-9-17)13-7-6-11(10-12(13)15)14(18)19-4-2/h6-7,10,17H,3-5,8-9,15H2,1-2H3. The van der Waals surface area contributed by atoms with Crippen molar-refractivity contribution in [2.45, 2.75) is 20.3 Å². The molecule has 3 N–H and O–H groups in total. The van der Waals surface area contributed by atoms with E-state index in [0.717, 1.165) is 18.8 Å². The summed E-state index contributed by atoms with van der Waals surface area (Å²) in [6.07, 6.45) is 0.687. The van der Waals surface area contributed by atoms with Gasteiger partial charge in [0, 0.05) is 19.7 Å². The number of carbonyl (C=O) groups excluding carboxylic acids is 1. The minimum atomic E-state index is -0.362. The molecule has 0 aliphatic heterocycles. The average molecular weight is 266 g/mol. The van der Waals surface area contributed by atoms with Crippen molar-refractivity contribution in [1.82, 2.24) is 0 Å². The number of aliphatic hydroxyl groups excluding tert-OH is 1. The van der Waals surface area contributed by atoms with Gasteiger partial charge in [0.1, 0.15) is 0 Å². The summed E-state index contributed by atoms with van der Waals surface area (Å²) in [4.78, 5) is 13.7. The highest BCUT2D eigenvalue weighted by atomic mass is 16.5. The molecule has 0 aromatic heterocycles. The van der Waals surface area contributed by atoms with Crippen molar-refractivity contribution in [1.29, 1.82) is 0 Å². The first kappa shape index (κ1) is 15.3. The van der Waals surface area contributed by atoms with Crippen LogP contribution in [0, 0.1) is 0 Å². The van der Waals surface area contributed by atoms with Crippen LogP contribution in [0.3, 0.4) is 0 Å². The fraction of sp³-hybridized carbons (Fsp3) is 0.500. The molecule has 0 aliphatic rings. The minimum absolute atomic E-state index is 0.150. The Morgan fingerprint density at radius 1 is 1.42 bits per heavy atom. The normalized spacial score (nSPS) is 10.3. The predicted molar refractivity (Wildman–Crippen MR) is 76.4 cm³/mol. The number of hydrogen-bond donors (Lipinski definition) is 2. The number of anilines is 2. The Labute approximate surface area is 114 Å². The summed E-state index contributed by atoms with van der Waals surface area (Å²) in [6, 6.07) is 5.17. The number of benzene rings is 1. The van der Waals surface area contributed by atoms with Crippen molar-refractivity contribution < 1.29 is 14.6 Å². The molecule has 0 saturated carbocycles. The molecule has 5 nitrogen and oxygen atoms in total. The monoisotopic (exact) mass is 266 g/mol. The van der Waals surface area contributed by atoms with Gasteiger partial charge in [0.2, 0.25) is 0 Å². The van der Waals surface area contributed by atoms with Gasteiger partial charge in [-0.2, -0.15) is 0 Å². The van der Waals surface area contributed by atoms with Crippen molar-refractivity contribution in [3.05, 3.63) is 23.8 Å². The largest absolute Gasteiger partial charge is 0.462 e. The van der Waals surface area contributed by atoms with Gasteiger partial charge in [-0.1, -0.05) is 0 Å². The van der Waals surface area contributed by atoms with Gasteiger partial charge in [0.15, 0.2) is 0 Å². The summed E-state index contributed by atoms with van der Waals surface area (Å²) in [5.74, 6) is -0.362. The lowest BCUT2D eigenvalue weighted by molar-refractivity contribution is 0.0526. The lowest BCUT2D eigenvalue weighted by Crippen LogP contribution is -2.25. The third-order valence-electron chi connectivity index (χ3n) is 2.85. The van der Waals surface area contributed by atoms with Gasteiger partial charge < -0.3 is 20.5 Å². The average Bonchev–Trinajstić information content (AvgIpc) is 2.41. The van der Waals surface area contributed by atoms with E-state index in [2.05, 4.69) is 4.90 Å². The van der Waals surface area contributed by atoms with Crippen molar-refractivity contribution in [3.8, 4) is 0 Å². The first-order chi connectivity index (χ1) is 9.13. The highest BCUT2D eigenvalue weighted by molar-refractivity contribution is 5.92. The molecule has 1 rings (SSSR count). The van der Waals surface area contributed by atoms with Gasteiger partial charge in [-0.25, -0.2) is 4.79 Å². The van der Waals surface area contributed by atoms with Crippen molar-refractivity contribution in [3.63, 3.8) is 0 Å². The van der Waals surface area contributed by atoms with E-state index >= 15 is 0 Å². The molecule has 1 aromatic rings. The number of aliphatic hydroxyl groups is 1. The second kappa shape index (κ2) is 7.63. The first-order valence-electron chi connectivity index (χ1n) is 6.56. The van der Waals surface area contributed by atoms with Gasteiger partial charge in [0.25, 0.3) is 0 Å². The Bertz CT molecular complexity index is 421. The van der Waals surface area contributed by atoms with Crippen LogP contribution in [0.2, 0.25) is 0 Å². The maximum absolute atomic E-state index is 11.6. The number of esters is 1. The van der Waals surface area contributed by atoms with Crippen LogP contribution < -0.4 is 10.6 Å². The molecule has 0 spiro atoms. The first-order valence-corrected chi connectivity index (χ1v) is 6.56. The zero-order chi connectivity index (χ0) is 14.3. The fourth-order valence-electron chi connectivity index (χ4n) is 1.89. The Balaban J connectivity index is 2.89. The maximum atomic E-state index is 11.6. The van der Waals surface area contributed by atoms with E-state index in [9.17, 15) is 4.79 Å². The molecule has 0 atom stereocenters. The summed E-state index contributed by atoms with van der Waals surface area (Å²) in [7, 11) is 0. The van der Waals surface area contributed by atoms with E-state index < -0.39 is 0 Å². The van der Waals surface area contributed by atoms with E-state index in [-0.39, 0.29) is 12.6 Å². The molecular weight excluding hydrogens is 244 g/mol. The topological polar surface area (TPSA) is 75.8 Å². The lowest BCUT2D eigenvalue weighted by atomic mass is 10.1. The highest BCUT2D eigenvalue weighted by Crippen LogP contribution is 2.24. The van der Waals surface area contributed by atoms with Crippen LogP contribution >= 0.6 is 0 Å².